The molecule has 4 nitrogen and oxygen atoms in total. The fraction of sp³-hybridized carbons (Fsp3) is 0.435. The molecule has 4 rings (SSSR count). The van der Waals surface area contributed by atoms with Crippen LogP contribution in [-0.4, -0.2) is 29.1 Å². The summed E-state index contributed by atoms with van der Waals surface area (Å²) in [6, 6.07) is 20.0. The highest BCUT2D eigenvalue weighted by Gasteiger charge is 2.38. The van der Waals surface area contributed by atoms with Crippen LogP contribution in [0.2, 0.25) is 0 Å². The minimum absolute atomic E-state index is 0.0797. The molecule has 2 atom stereocenters. The monoisotopic (exact) mass is 363 g/mol. The molecule has 2 aliphatic heterocycles. The summed E-state index contributed by atoms with van der Waals surface area (Å²) in [4.78, 5) is 15.2. The number of anilines is 1. The fourth-order valence-electron chi connectivity index (χ4n) is 4.71. The van der Waals surface area contributed by atoms with E-state index in [-0.39, 0.29) is 12.1 Å². The Balaban J connectivity index is 1.37. The molecule has 0 aliphatic carbocycles. The molecule has 2 bridgehead atoms. The van der Waals surface area contributed by atoms with Crippen molar-refractivity contribution in [1.29, 1.82) is 0 Å². The molecule has 2 heterocycles. The van der Waals surface area contributed by atoms with Crippen LogP contribution in [0.25, 0.3) is 0 Å². The van der Waals surface area contributed by atoms with E-state index < -0.39 is 0 Å². The van der Waals surface area contributed by atoms with Gasteiger partial charge in [-0.2, -0.15) is 0 Å². The third-order valence-corrected chi connectivity index (χ3v) is 6.06. The fourth-order valence-corrected chi connectivity index (χ4v) is 4.71. The predicted octanol–water partition coefficient (Wildman–Crippen LogP) is 4.70. The van der Waals surface area contributed by atoms with E-state index in [1.165, 1.54) is 24.8 Å². The summed E-state index contributed by atoms with van der Waals surface area (Å²) in [5.74, 6) is 0. The summed E-state index contributed by atoms with van der Waals surface area (Å²) in [7, 11) is 0. The van der Waals surface area contributed by atoms with Gasteiger partial charge in [-0.3, -0.25) is 4.90 Å². The highest BCUT2D eigenvalue weighted by atomic mass is 16.2. The van der Waals surface area contributed by atoms with Gasteiger partial charge in [0, 0.05) is 30.4 Å². The maximum atomic E-state index is 12.5. The van der Waals surface area contributed by atoms with E-state index >= 15 is 0 Å². The van der Waals surface area contributed by atoms with Crippen LogP contribution in [0.5, 0.6) is 0 Å². The van der Waals surface area contributed by atoms with Gasteiger partial charge in [0.05, 0.1) is 0 Å². The number of hydrogen-bond donors (Lipinski definition) is 2. The molecule has 4 heteroatoms. The van der Waals surface area contributed by atoms with E-state index in [1.807, 2.05) is 31.2 Å². The number of para-hydroxylation sites is 1. The summed E-state index contributed by atoms with van der Waals surface area (Å²) in [5.41, 5.74) is 3.36. The summed E-state index contributed by atoms with van der Waals surface area (Å²) >= 11 is 0. The van der Waals surface area contributed by atoms with Gasteiger partial charge in [-0.15, -0.1) is 0 Å². The number of carbonyl (C=O) groups excluding carboxylic acids is 1. The molecule has 0 saturated carbocycles. The molecular formula is C23H29N3O. The molecule has 2 unspecified atom stereocenters. The molecule has 2 N–H and O–H groups in total. The maximum Gasteiger partial charge on any atom is 0.319 e. The quantitative estimate of drug-likeness (QED) is 0.827. The van der Waals surface area contributed by atoms with Gasteiger partial charge in [0.25, 0.3) is 0 Å². The average molecular weight is 364 g/mol. The Bertz CT molecular complexity index is 762. The Kier molecular flexibility index (Phi) is 5.44. The zero-order valence-corrected chi connectivity index (χ0v) is 16.0. The molecule has 0 aromatic heterocycles. The Morgan fingerprint density at radius 3 is 2.37 bits per heavy atom. The van der Waals surface area contributed by atoms with Gasteiger partial charge < -0.3 is 10.6 Å². The number of piperidine rings is 2. The first-order chi connectivity index (χ1) is 13.2. The Morgan fingerprint density at radius 2 is 1.67 bits per heavy atom. The lowest BCUT2D eigenvalue weighted by Crippen LogP contribution is -2.56. The average Bonchev–Trinajstić information content (AvgIpc) is 2.65. The van der Waals surface area contributed by atoms with Gasteiger partial charge in [-0.1, -0.05) is 55.0 Å². The van der Waals surface area contributed by atoms with Gasteiger partial charge in [0.2, 0.25) is 0 Å². The second-order valence-corrected chi connectivity index (χ2v) is 7.98. The predicted molar refractivity (Wildman–Crippen MR) is 110 cm³/mol. The number of aryl methyl sites for hydroxylation is 1. The van der Waals surface area contributed by atoms with E-state index in [0.717, 1.165) is 30.6 Å². The maximum absolute atomic E-state index is 12.5. The lowest BCUT2D eigenvalue weighted by Gasteiger charge is -2.49. The van der Waals surface area contributed by atoms with Crippen molar-refractivity contribution in [3.63, 3.8) is 0 Å². The largest absolute Gasteiger partial charge is 0.335 e. The van der Waals surface area contributed by atoms with Gasteiger partial charge in [0.1, 0.15) is 0 Å². The third-order valence-electron chi connectivity index (χ3n) is 6.06. The van der Waals surface area contributed by atoms with Gasteiger partial charge in [0.15, 0.2) is 0 Å². The van der Waals surface area contributed by atoms with E-state index in [2.05, 4.69) is 45.9 Å². The summed E-state index contributed by atoms with van der Waals surface area (Å²) in [5, 5.41) is 6.24. The van der Waals surface area contributed by atoms with Crippen LogP contribution in [0.3, 0.4) is 0 Å². The third kappa shape index (κ3) is 4.33. The van der Waals surface area contributed by atoms with Crippen LogP contribution < -0.4 is 10.6 Å². The molecule has 2 fully saturated rings. The Labute approximate surface area is 162 Å². The normalized spacial score (nSPS) is 25.0. The number of benzene rings is 2. The molecule has 2 amide bonds. The smallest absolute Gasteiger partial charge is 0.319 e. The highest BCUT2D eigenvalue weighted by molar-refractivity contribution is 5.90. The standard InChI is InChI=1S/C23H29N3O/c1-17-8-5-6-13-22(17)25-23(27)24-19-14-20-11-7-12-21(15-19)26(20)16-18-9-3-2-4-10-18/h2-6,8-10,13,19-21H,7,11-12,14-16H2,1H3,(H2,24,25,27). The van der Waals surface area contributed by atoms with Crippen molar-refractivity contribution >= 4 is 11.7 Å². The van der Waals surface area contributed by atoms with Gasteiger partial charge in [-0.25, -0.2) is 4.79 Å². The number of amides is 2. The Morgan fingerprint density at radius 1 is 1.00 bits per heavy atom. The van der Waals surface area contributed by atoms with E-state index in [4.69, 9.17) is 0 Å². The number of nitrogens with zero attached hydrogens (tertiary/aromatic N) is 1. The SMILES string of the molecule is Cc1ccccc1NC(=O)NC1CC2CCCC(C1)N2Cc1ccccc1. The second kappa shape index (κ2) is 8.13. The number of urea groups is 1. The van der Waals surface area contributed by atoms with E-state index in [0.29, 0.717) is 12.1 Å². The molecular weight excluding hydrogens is 334 g/mol. The zero-order chi connectivity index (χ0) is 18.6. The molecule has 2 aliphatic rings. The number of rotatable bonds is 4. The molecule has 2 saturated heterocycles. The van der Waals surface area contributed by atoms with Crippen molar-refractivity contribution in [3.8, 4) is 0 Å². The minimum Gasteiger partial charge on any atom is -0.335 e. The van der Waals surface area contributed by atoms with Crippen LogP contribution >= 0.6 is 0 Å². The zero-order valence-electron chi connectivity index (χ0n) is 16.0. The molecule has 142 valence electrons. The second-order valence-electron chi connectivity index (χ2n) is 7.98. The van der Waals surface area contributed by atoms with Crippen molar-refractivity contribution in [3.05, 3.63) is 65.7 Å². The lowest BCUT2D eigenvalue weighted by atomic mass is 9.81. The van der Waals surface area contributed by atoms with Crippen molar-refractivity contribution in [2.24, 2.45) is 0 Å². The summed E-state index contributed by atoms with van der Waals surface area (Å²) in [6.07, 6.45) is 5.87. The molecule has 0 radical (unpaired) electrons. The molecule has 2 aromatic carbocycles. The topological polar surface area (TPSA) is 44.4 Å². The number of carbonyl (C=O) groups is 1. The Hall–Kier alpha value is -2.33. The van der Waals surface area contributed by atoms with E-state index in [1.54, 1.807) is 0 Å². The first-order valence-electron chi connectivity index (χ1n) is 10.1. The summed E-state index contributed by atoms with van der Waals surface area (Å²) in [6.45, 7) is 3.04. The minimum atomic E-state index is -0.0797. The van der Waals surface area contributed by atoms with Crippen LogP contribution in [-0.2, 0) is 6.54 Å². The first kappa shape index (κ1) is 18.1. The number of fused-ring (bicyclic) bond motifs is 2. The van der Waals surface area contributed by atoms with Crippen LogP contribution in [0.1, 0.15) is 43.2 Å². The van der Waals surface area contributed by atoms with Crippen LogP contribution in [0, 0.1) is 6.92 Å². The summed E-state index contributed by atoms with van der Waals surface area (Å²) < 4.78 is 0. The highest BCUT2D eigenvalue weighted by Crippen LogP contribution is 2.35. The van der Waals surface area contributed by atoms with E-state index in [9.17, 15) is 4.79 Å². The van der Waals surface area contributed by atoms with Crippen molar-refractivity contribution in [2.75, 3.05) is 5.32 Å². The number of nitrogens with one attached hydrogen (secondary N) is 2. The number of hydrogen-bond acceptors (Lipinski definition) is 2. The van der Waals surface area contributed by atoms with Crippen molar-refractivity contribution < 1.29 is 4.79 Å². The van der Waals surface area contributed by atoms with Gasteiger partial charge >= 0.3 is 6.03 Å². The van der Waals surface area contributed by atoms with Crippen molar-refractivity contribution in [1.82, 2.24) is 10.2 Å². The molecule has 2 aromatic rings. The molecule has 27 heavy (non-hydrogen) atoms. The van der Waals surface area contributed by atoms with Crippen LogP contribution in [0.4, 0.5) is 10.5 Å². The lowest BCUT2D eigenvalue weighted by molar-refractivity contribution is 0.0200. The van der Waals surface area contributed by atoms with Gasteiger partial charge in [-0.05, 0) is 49.8 Å². The van der Waals surface area contributed by atoms with Crippen molar-refractivity contribution in [2.45, 2.75) is 63.7 Å². The molecule has 0 spiro atoms. The first-order valence-corrected chi connectivity index (χ1v) is 10.1. The van der Waals surface area contributed by atoms with Crippen LogP contribution in [0.15, 0.2) is 54.6 Å².